The van der Waals surface area contributed by atoms with E-state index in [4.69, 9.17) is 4.74 Å². The molecule has 3 nitrogen and oxygen atoms in total. The predicted octanol–water partition coefficient (Wildman–Crippen LogP) is 2.30. The fourth-order valence-electron chi connectivity index (χ4n) is 1.98. The predicted molar refractivity (Wildman–Crippen MR) is 62.4 cm³/mol. The summed E-state index contributed by atoms with van der Waals surface area (Å²) < 4.78 is 5.52. The zero-order valence-electron chi connectivity index (χ0n) is 8.95. The van der Waals surface area contributed by atoms with Crippen molar-refractivity contribution in [3.8, 4) is 5.19 Å². The molecule has 1 aliphatic rings. The van der Waals surface area contributed by atoms with Gasteiger partial charge in [-0.15, -0.1) is 0 Å². The number of nitrogens with one attached hydrogen (secondary N) is 1. The normalized spacial score (nSPS) is 21.5. The molecule has 0 aliphatic carbocycles. The lowest BCUT2D eigenvalue weighted by Gasteiger charge is -2.22. The Morgan fingerprint density at radius 3 is 3.33 bits per heavy atom. The van der Waals surface area contributed by atoms with Crippen molar-refractivity contribution in [2.75, 3.05) is 19.7 Å². The van der Waals surface area contributed by atoms with Crippen LogP contribution in [0.2, 0.25) is 0 Å². The van der Waals surface area contributed by atoms with Crippen molar-refractivity contribution in [3.63, 3.8) is 0 Å². The second-order valence-electron chi connectivity index (χ2n) is 4.00. The van der Waals surface area contributed by atoms with Crippen LogP contribution in [0.25, 0.3) is 0 Å². The van der Waals surface area contributed by atoms with E-state index in [-0.39, 0.29) is 0 Å². The number of thiazole rings is 1. The molecular weight excluding hydrogens is 208 g/mol. The smallest absolute Gasteiger partial charge is 0.273 e. The summed E-state index contributed by atoms with van der Waals surface area (Å²) in [5.74, 6) is 0.860. The topological polar surface area (TPSA) is 34.1 Å². The van der Waals surface area contributed by atoms with Gasteiger partial charge in [0.15, 0.2) is 0 Å². The molecule has 1 aromatic heterocycles. The Hall–Kier alpha value is -0.610. The van der Waals surface area contributed by atoms with E-state index < -0.39 is 0 Å². The van der Waals surface area contributed by atoms with Gasteiger partial charge in [0.1, 0.15) is 0 Å². The van der Waals surface area contributed by atoms with Crippen LogP contribution < -0.4 is 10.1 Å². The number of nitrogens with zero attached hydrogens (tertiary/aromatic N) is 1. The van der Waals surface area contributed by atoms with Crippen LogP contribution >= 0.6 is 11.3 Å². The minimum Gasteiger partial charge on any atom is -0.470 e. The minimum atomic E-state index is 0.803. The molecule has 15 heavy (non-hydrogen) atoms. The Bertz CT molecular complexity index is 258. The number of piperidine rings is 1. The summed E-state index contributed by atoms with van der Waals surface area (Å²) in [7, 11) is 0. The summed E-state index contributed by atoms with van der Waals surface area (Å²) in [6, 6.07) is 0. The Labute approximate surface area is 94.9 Å². The van der Waals surface area contributed by atoms with Crippen LogP contribution in [0.5, 0.6) is 5.19 Å². The van der Waals surface area contributed by atoms with Gasteiger partial charge in [0, 0.05) is 11.6 Å². The van der Waals surface area contributed by atoms with Gasteiger partial charge in [0.25, 0.3) is 5.19 Å². The fourth-order valence-corrected chi connectivity index (χ4v) is 2.49. The van der Waals surface area contributed by atoms with Crippen LogP contribution in [0, 0.1) is 5.92 Å². The van der Waals surface area contributed by atoms with Crippen molar-refractivity contribution in [1.29, 1.82) is 0 Å². The van der Waals surface area contributed by atoms with Crippen LogP contribution in [0.1, 0.15) is 25.7 Å². The maximum atomic E-state index is 5.52. The summed E-state index contributed by atoms with van der Waals surface area (Å²) >= 11 is 1.56. The van der Waals surface area contributed by atoms with Gasteiger partial charge in [-0.2, -0.15) is 0 Å². The quantitative estimate of drug-likeness (QED) is 0.782. The maximum Gasteiger partial charge on any atom is 0.273 e. The highest BCUT2D eigenvalue weighted by atomic mass is 32.1. The third-order valence-corrected chi connectivity index (χ3v) is 3.47. The Morgan fingerprint density at radius 1 is 1.60 bits per heavy atom. The molecule has 84 valence electrons. The first-order valence-electron chi connectivity index (χ1n) is 5.68. The van der Waals surface area contributed by atoms with E-state index in [2.05, 4.69) is 10.3 Å². The van der Waals surface area contributed by atoms with E-state index in [1.807, 2.05) is 5.38 Å². The molecule has 0 bridgehead atoms. The third-order valence-electron chi connectivity index (χ3n) is 2.79. The van der Waals surface area contributed by atoms with E-state index in [0.717, 1.165) is 24.1 Å². The lowest BCUT2D eigenvalue weighted by atomic mass is 9.95. The van der Waals surface area contributed by atoms with Crippen molar-refractivity contribution in [3.05, 3.63) is 11.6 Å². The molecule has 1 atom stereocenters. The van der Waals surface area contributed by atoms with E-state index in [9.17, 15) is 0 Å². The average Bonchev–Trinajstić information content (AvgIpc) is 2.79. The molecule has 0 aromatic carbocycles. The van der Waals surface area contributed by atoms with Gasteiger partial charge in [0.05, 0.1) is 6.61 Å². The van der Waals surface area contributed by atoms with Crippen LogP contribution in [-0.4, -0.2) is 24.7 Å². The standard InChI is InChI=1S/C11H18N2OS/c1-3-10(9-12-5-1)4-2-7-14-11-13-6-8-15-11/h6,8,10,12H,1-5,7,9H2. The van der Waals surface area contributed by atoms with Crippen molar-refractivity contribution < 1.29 is 4.74 Å². The number of hydrogen-bond acceptors (Lipinski definition) is 4. The molecule has 1 aromatic rings. The molecule has 1 saturated heterocycles. The summed E-state index contributed by atoms with van der Waals surface area (Å²) in [6.45, 7) is 3.20. The van der Waals surface area contributed by atoms with Gasteiger partial charge in [0.2, 0.25) is 0 Å². The second-order valence-corrected chi connectivity index (χ2v) is 4.86. The van der Waals surface area contributed by atoms with Crippen molar-refractivity contribution >= 4 is 11.3 Å². The molecule has 4 heteroatoms. The fraction of sp³-hybridized carbons (Fsp3) is 0.727. The summed E-state index contributed by atoms with van der Waals surface area (Å²) in [5.41, 5.74) is 0. The zero-order chi connectivity index (χ0) is 10.3. The lowest BCUT2D eigenvalue weighted by molar-refractivity contribution is 0.274. The van der Waals surface area contributed by atoms with Gasteiger partial charge in [-0.3, -0.25) is 0 Å². The molecule has 1 unspecified atom stereocenters. The summed E-state index contributed by atoms with van der Waals surface area (Å²) in [6.07, 6.45) is 6.91. The van der Waals surface area contributed by atoms with E-state index in [1.54, 1.807) is 17.5 Å². The van der Waals surface area contributed by atoms with E-state index in [1.165, 1.54) is 32.4 Å². The average molecular weight is 226 g/mol. The van der Waals surface area contributed by atoms with Crippen molar-refractivity contribution in [1.82, 2.24) is 10.3 Å². The Morgan fingerprint density at radius 2 is 2.60 bits per heavy atom. The monoisotopic (exact) mass is 226 g/mol. The van der Waals surface area contributed by atoms with Crippen LogP contribution in [0.3, 0.4) is 0 Å². The molecule has 2 heterocycles. The van der Waals surface area contributed by atoms with Crippen molar-refractivity contribution in [2.24, 2.45) is 5.92 Å². The SMILES string of the molecule is c1csc(OCCCC2CCCNC2)n1. The molecular formula is C11H18N2OS. The second kappa shape index (κ2) is 6.08. The molecule has 0 spiro atoms. The van der Waals surface area contributed by atoms with Gasteiger partial charge in [-0.05, 0) is 44.7 Å². The molecule has 1 N–H and O–H groups in total. The number of rotatable bonds is 5. The highest BCUT2D eigenvalue weighted by molar-refractivity contribution is 7.11. The van der Waals surface area contributed by atoms with Crippen LogP contribution in [-0.2, 0) is 0 Å². The molecule has 1 aliphatic heterocycles. The molecule has 1 fully saturated rings. The van der Waals surface area contributed by atoms with Crippen LogP contribution in [0.4, 0.5) is 0 Å². The largest absolute Gasteiger partial charge is 0.470 e. The Kier molecular flexibility index (Phi) is 4.41. The van der Waals surface area contributed by atoms with Gasteiger partial charge in [-0.25, -0.2) is 4.98 Å². The number of ether oxygens (including phenoxy) is 1. The third kappa shape index (κ3) is 3.80. The molecule has 0 amide bonds. The number of aromatic nitrogens is 1. The molecule has 2 rings (SSSR count). The first-order valence-corrected chi connectivity index (χ1v) is 6.56. The first kappa shape index (κ1) is 10.9. The molecule has 0 saturated carbocycles. The van der Waals surface area contributed by atoms with E-state index in [0.29, 0.717) is 0 Å². The lowest BCUT2D eigenvalue weighted by Crippen LogP contribution is -2.29. The first-order chi connectivity index (χ1) is 7.45. The molecule has 0 radical (unpaired) electrons. The minimum absolute atomic E-state index is 0.803. The van der Waals surface area contributed by atoms with E-state index >= 15 is 0 Å². The van der Waals surface area contributed by atoms with Gasteiger partial charge < -0.3 is 10.1 Å². The summed E-state index contributed by atoms with van der Waals surface area (Å²) in [4.78, 5) is 4.08. The summed E-state index contributed by atoms with van der Waals surface area (Å²) in [5, 5.41) is 6.19. The van der Waals surface area contributed by atoms with Crippen LogP contribution in [0.15, 0.2) is 11.6 Å². The van der Waals surface area contributed by atoms with Gasteiger partial charge in [-0.1, -0.05) is 11.3 Å². The maximum absolute atomic E-state index is 5.52. The number of hydrogen-bond donors (Lipinski definition) is 1. The zero-order valence-corrected chi connectivity index (χ0v) is 9.76. The van der Waals surface area contributed by atoms with Crippen molar-refractivity contribution in [2.45, 2.75) is 25.7 Å². The highest BCUT2D eigenvalue weighted by Gasteiger charge is 2.12. The van der Waals surface area contributed by atoms with Gasteiger partial charge >= 0.3 is 0 Å². The highest BCUT2D eigenvalue weighted by Crippen LogP contribution is 2.17. The Balaban J connectivity index is 1.54.